The normalized spacial score (nSPS) is 18.2. The first-order valence-corrected chi connectivity index (χ1v) is 5.59. The summed E-state index contributed by atoms with van der Waals surface area (Å²) >= 11 is 0. The van der Waals surface area contributed by atoms with Crippen molar-refractivity contribution < 1.29 is 14.6 Å². The second-order valence-electron chi connectivity index (χ2n) is 4.23. The molecule has 3 nitrogen and oxygen atoms in total. The number of aliphatic carboxylic acids is 1. The molecule has 0 aliphatic heterocycles. The molecule has 1 N–H and O–H groups in total. The summed E-state index contributed by atoms with van der Waals surface area (Å²) in [7, 11) is 1.66. The number of carboxylic acids is 1. The van der Waals surface area contributed by atoms with Gasteiger partial charge >= 0.3 is 5.97 Å². The molecule has 1 aliphatic rings. The fourth-order valence-corrected chi connectivity index (χ4v) is 2.39. The van der Waals surface area contributed by atoms with Gasteiger partial charge in [0.2, 0.25) is 0 Å². The molecule has 1 aromatic carbocycles. The Morgan fingerprint density at radius 3 is 3.06 bits per heavy atom. The lowest BCUT2D eigenvalue weighted by Crippen LogP contribution is -2.00. The first-order chi connectivity index (χ1) is 7.70. The number of hydrogen-bond donors (Lipinski definition) is 1. The number of ether oxygens (including phenoxy) is 1. The first kappa shape index (κ1) is 11.0. The Balaban J connectivity index is 2.14. The Bertz CT molecular complexity index is 398. The van der Waals surface area contributed by atoms with Crippen molar-refractivity contribution in [1.29, 1.82) is 0 Å². The van der Waals surface area contributed by atoms with Crippen LogP contribution in [0.3, 0.4) is 0 Å². The van der Waals surface area contributed by atoms with Crippen LogP contribution in [0.15, 0.2) is 18.2 Å². The van der Waals surface area contributed by atoms with Crippen molar-refractivity contribution in [2.24, 2.45) is 0 Å². The standard InChI is InChI=1S/C13H16O3/c1-16-11-6-4-9-2-3-10(12(9)8-11)5-7-13(14)15/h4,6,8,10H,2-3,5,7H2,1H3,(H,14,15). The minimum atomic E-state index is -0.712. The third kappa shape index (κ3) is 2.18. The van der Waals surface area contributed by atoms with E-state index in [-0.39, 0.29) is 6.42 Å². The van der Waals surface area contributed by atoms with Crippen LogP contribution in [-0.2, 0) is 11.2 Å². The third-order valence-electron chi connectivity index (χ3n) is 3.26. The average molecular weight is 220 g/mol. The predicted molar refractivity (Wildman–Crippen MR) is 60.9 cm³/mol. The minimum absolute atomic E-state index is 0.251. The Kier molecular flexibility index (Phi) is 3.13. The zero-order valence-electron chi connectivity index (χ0n) is 9.40. The van der Waals surface area contributed by atoms with Gasteiger partial charge in [-0.2, -0.15) is 0 Å². The molecule has 16 heavy (non-hydrogen) atoms. The molecule has 0 heterocycles. The second kappa shape index (κ2) is 4.56. The van der Waals surface area contributed by atoms with Crippen LogP contribution in [0.5, 0.6) is 5.75 Å². The molecule has 0 radical (unpaired) electrons. The molecule has 0 saturated heterocycles. The van der Waals surface area contributed by atoms with Gasteiger partial charge in [0.05, 0.1) is 7.11 Å². The van der Waals surface area contributed by atoms with Crippen LogP contribution >= 0.6 is 0 Å². The molecule has 1 aliphatic carbocycles. The van der Waals surface area contributed by atoms with Gasteiger partial charge in [-0.25, -0.2) is 0 Å². The molecule has 2 rings (SSSR count). The summed E-state index contributed by atoms with van der Waals surface area (Å²) in [4.78, 5) is 10.6. The SMILES string of the molecule is COc1ccc2c(c1)C(CCC(=O)O)CC2. The van der Waals surface area contributed by atoms with Gasteiger partial charge in [0.25, 0.3) is 0 Å². The average Bonchev–Trinajstić information content (AvgIpc) is 2.68. The van der Waals surface area contributed by atoms with E-state index in [0.29, 0.717) is 5.92 Å². The number of fused-ring (bicyclic) bond motifs is 1. The van der Waals surface area contributed by atoms with Crippen molar-refractivity contribution >= 4 is 5.97 Å². The zero-order chi connectivity index (χ0) is 11.5. The minimum Gasteiger partial charge on any atom is -0.497 e. The van der Waals surface area contributed by atoms with Crippen molar-refractivity contribution in [3.63, 3.8) is 0 Å². The Labute approximate surface area is 95.0 Å². The highest BCUT2D eigenvalue weighted by Crippen LogP contribution is 2.38. The lowest BCUT2D eigenvalue weighted by molar-refractivity contribution is -0.137. The molecule has 1 atom stereocenters. The Morgan fingerprint density at radius 1 is 1.56 bits per heavy atom. The molecule has 0 fully saturated rings. The van der Waals surface area contributed by atoms with E-state index >= 15 is 0 Å². The molecule has 0 aromatic heterocycles. The molecule has 0 spiro atoms. The summed E-state index contributed by atoms with van der Waals surface area (Å²) in [6.07, 6.45) is 3.11. The van der Waals surface area contributed by atoms with Crippen LogP contribution in [0.2, 0.25) is 0 Å². The largest absolute Gasteiger partial charge is 0.497 e. The van der Waals surface area contributed by atoms with Crippen molar-refractivity contribution in [2.45, 2.75) is 31.6 Å². The Morgan fingerprint density at radius 2 is 2.38 bits per heavy atom. The van der Waals surface area contributed by atoms with E-state index in [0.717, 1.165) is 25.0 Å². The molecule has 0 amide bonds. The maximum atomic E-state index is 10.6. The molecular formula is C13H16O3. The summed E-state index contributed by atoms with van der Waals surface area (Å²) in [5.41, 5.74) is 2.62. The maximum Gasteiger partial charge on any atom is 0.303 e. The summed E-state index contributed by atoms with van der Waals surface area (Å²) in [5.74, 6) is 0.540. The van der Waals surface area contributed by atoms with Crippen molar-refractivity contribution in [2.75, 3.05) is 7.11 Å². The van der Waals surface area contributed by atoms with E-state index in [1.165, 1.54) is 11.1 Å². The molecule has 3 heteroatoms. The van der Waals surface area contributed by atoms with Crippen LogP contribution in [0.4, 0.5) is 0 Å². The van der Waals surface area contributed by atoms with Gasteiger partial charge in [-0.1, -0.05) is 6.07 Å². The smallest absolute Gasteiger partial charge is 0.303 e. The number of methoxy groups -OCH3 is 1. The van der Waals surface area contributed by atoms with E-state index in [1.807, 2.05) is 6.07 Å². The van der Waals surface area contributed by atoms with Crippen LogP contribution in [0.25, 0.3) is 0 Å². The summed E-state index contributed by atoms with van der Waals surface area (Å²) in [6, 6.07) is 6.11. The Hall–Kier alpha value is -1.51. The fraction of sp³-hybridized carbons (Fsp3) is 0.462. The second-order valence-corrected chi connectivity index (χ2v) is 4.23. The predicted octanol–water partition coefficient (Wildman–Crippen LogP) is 2.59. The molecule has 0 bridgehead atoms. The monoisotopic (exact) mass is 220 g/mol. The summed E-state index contributed by atoms with van der Waals surface area (Å²) in [5, 5.41) is 8.70. The highest BCUT2D eigenvalue weighted by atomic mass is 16.5. The topological polar surface area (TPSA) is 46.5 Å². The van der Waals surface area contributed by atoms with Gasteiger partial charge in [0.1, 0.15) is 5.75 Å². The van der Waals surface area contributed by atoms with E-state index in [4.69, 9.17) is 9.84 Å². The van der Waals surface area contributed by atoms with Crippen molar-refractivity contribution in [3.05, 3.63) is 29.3 Å². The number of aryl methyl sites for hydroxylation is 1. The molecule has 86 valence electrons. The highest BCUT2D eigenvalue weighted by molar-refractivity contribution is 5.66. The van der Waals surface area contributed by atoms with E-state index in [9.17, 15) is 4.79 Å². The van der Waals surface area contributed by atoms with Crippen molar-refractivity contribution in [1.82, 2.24) is 0 Å². The zero-order valence-corrected chi connectivity index (χ0v) is 9.40. The quantitative estimate of drug-likeness (QED) is 0.848. The van der Waals surface area contributed by atoms with E-state index in [1.54, 1.807) is 7.11 Å². The van der Waals surface area contributed by atoms with Gasteiger partial charge in [0.15, 0.2) is 0 Å². The number of carbonyl (C=O) groups is 1. The number of hydrogen-bond acceptors (Lipinski definition) is 2. The van der Waals surface area contributed by atoms with Crippen LogP contribution in [0.1, 0.15) is 36.3 Å². The fourth-order valence-electron chi connectivity index (χ4n) is 2.39. The number of benzene rings is 1. The molecular weight excluding hydrogens is 204 g/mol. The highest BCUT2D eigenvalue weighted by Gasteiger charge is 2.23. The van der Waals surface area contributed by atoms with Gasteiger partial charge in [-0.15, -0.1) is 0 Å². The van der Waals surface area contributed by atoms with Crippen LogP contribution in [-0.4, -0.2) is 18.2 Å². The lowest BCUT2D eigenvalue weighted by Gasteiger charge is -2.11. The third-order valence-corrected chi connectivity index (χ3v) is 3.26. The first-order valence-electron chi connectivity index (χ1n) is 5.59. The number of rotatable bonds is 4. The van der Waals surface area contributed by atoms with Gasteiger partial charge < -0.3 is 9.84 Å². The number of carboxylic acid groups (broad SMARTS) is 1. The van der Waals surface area contributed by atoms with E-state index < -0.39 is 5.97 Å². The summed E-state index contributed by atoms with van der Waals surface area (Å²) in [6.45, 7) is 0. The van der Waals surface area contributed by atoms with Crippen LogP contribution < -0.4 is 4.74 Å². The van der Waals surface area contributed by atoms with Crippen LogP contribution in [0, 0.1) is 0 Å². The van der Waals surface area contributed by atoms with E-state index in [2.05, 4.69) is 12.1 Å². The maximum absolute atomic E-state index is 10.6. The van der Waals surface area contributed by atoms with Crippen molar-refractivity contribution in [3.8, 4) is 5.75 Å². The summed E-state index contributed by atoms with van der Waals surface area (Å²) < 4.78 is 5.20. The molecule has 1 unspecified atom stereocenters. The molecule has 1 aromatic rings. The van der Waals surface area contributed by atoms with Gasteiger partial charge in [0, 0.05) is 6.42 Å². The van der Waals surface area contributed by atoms with Gasteiger partial charge in [-0.3, -0.25) is 4.79 Å². The van der Waals surface area contributed by atoms with Gasteiger partial charge in [-0.05, 0) is 48.4 Å². The molecule has 0 saturated carbocycles. The lowest BCUT2D eigenvalue weighted by atomic mass is 9.96.